The lowest BCUT2D eigenvalue weighted by molar-refractivity contribution is -0.141. The van der Waals surface area contributed by atoms with E-state index in [1.807, 2.05) is 0 Å². The van der Waals surface area contributed by atoms with Crippen molar-refractivity contribution >= 4 is 5.97 Å². The van der Waals surface area contributed by atoms with Gasteiger partial charge in [0.15, 0.2) is 0 Å². The zero-order valence-corrected chi connectivity index (χ0v) is 9.29. The van der Waals surface area contributed by atoms with Crippen LogP contribution in [0.2, 0.25) is 0 Å². The Kier molecular flexibility index (Phi) is 1.95. The summed E-state index contributed by atoms with van der Waals surface area (Å²) in [4.78, 5) is 11.3. The molecule has 0 N–H and O–H groups in total. The Balaban J connectivity index is 1.88. The van der Waals surface area contributed by atoms with Crippen molar-refractivity contribution < 1.29 is 9.53 Å². The molecule has 0 aromatic heterocycles. The molecule has 1 saturated carbocycles. The standard InChI is InChI=1S/C13H18O2/c1-13-5-3-2-4-10(13)7-11-9(8-13)6-12(14)15-11/h4,9,11H,2-3,5-8H2,1H3/t9-,11-,13+/m0/s1. The van der Waals surface area contributed by atoms with Gasteiger partial charge in [-0.1, -0.05) is 18.6 Å². The van der Waals surface area contributed by atoms with Crippen LogP contribution in [0.3, 0.4) is 0 Å². The molecule has 15 heavy (non-hydrogen) atoms. The number of fused-ring (bicyclic) bond motifs is 2. The number of allylic oxidation sites excluding steroid dienone is 1. The van der Waals surface area contributed by atoms with Gasteiger partial charge in [0, 0.05) is 12.3 Å². The maximum atomic E-state index is 11.3. The normalized spacial score (nSPS) is 44.1. The zero-order valence-electron chi connectivity index (χ0n) is 9.29. The molecule has 1 aliphatic heterocycles. The predicted octanol–water partition coefficient (Wildman–Crippen LogP) is 2.83. The van der Waals surface area contributed by atoms with Gasteiger partial charge in [0.25, 0.3) is 0 Å². The monoisotopic (exact) mass is 206 g/mol. The number of hydrogen-bond donors (Lipinski definition) is 0. The van der Waals surface area contributed by atoms with E-state index in [4.69, 9.17) is 4.74 Å². The molecule has 82 valence electrons. The summed E-state index contributed by atoms with van der Waals surface area (Å²) in [5.74, 6) is 0.519. The molecule has 0 bridgehead atoms. The van der Waals surface area contributed by atoms with Gasteiger partial charge >= 0.3 is 5.97 Å². The third-order valence-corrected chi connectivity index (χ3v) is 4.47. The maximum Gasteiger partial charge on any atom is 0.306 e. The Hall–Kier alpha value is -0.790. The van der Waals surface area contributed by atoms with Crippen molar-refractivity contribution in [2.45, 2.75) is 51.6 Å². The molecule has 3 atom stereocenters. The Morgan fingerprint density at radius 3 is 3.20 bits per heavy atom. The first-order valence-electron chi connectivity index (χ1n) is 6.06. The van der Waals surface area contributed by atoms with Crippen LogP contribution in [0.1, 0.15) is 45.4 Å². The molecule has 3 rings (SSSR count). The highest BCUT2D eigenvalue weighted by atomic mass is 16.5. The van der Waals surface area contributed by atoms with E-state index in [9.17, 15) is 4.79 Å². The van der Waals surface area contributed by atoms with E-state index in [1.165, 1.54) is 19.3 Å². The number of rotatable bonds is 0. The van der Waals surface area contributed by atoms with Crippen LogP contribution < -0.4 is 0 Å². The van der Waals surface area contributed by atoms with E-state index in [0.29, 0.717) is 17.8 Å². The van der Waals surface area contributed by atoms with Gasteiger partial charge < -0.3 is 4.74 Å². The van der Waals surface area contributed by atoms with Crippen LogP contribution in [0.25, 0.3) is 0 Å². The molecule has 2 nitrogen and oxygen atoms in total. The molecule has 2 aliphatic carbocycles. The topological polar surface area (TPSA) is 26.3 Å². The third kappa shape index (κ3) is 1.42. The molecule has 1 saturated heterocycles. The van der Waals surface area contributed by atoms with E-state index in [0.717, 1.165) is 12.8 Å². The van der Waals surface area contributed by atoms with Crippen LogP contribution in [0.5, 0.6) is 0 Å². The van der Waals surface area contributed by atoms with Crippen molar-refractivity contribution in [2.75, 3.05) is 0 Å². The fraction of sp³-hybridized carbons (Fsp3) is 0.769. The Morgan fingerprint density at radius 2 is 2.33 bits per heavy atom. The lowest BCUT2D eigenvalue weighted by atomic mass is 9.62. The summed E-state index contributed by atoms with van der Waals surface area (Å²) < 4.78 is 5.38. The molecule has 0 radical (unpaired) electrons. The number of esters is 1. The van der Waals surface area contributed by atoms with Crippen molar-refractivity contribution in [2.24, 2.45) is 11.3 Å². The van der Waals surface area contributed by atoms with Gasteiger partial charge in [-0.3, -0.25) is 4.79 Å². The predicted molar refractivity (Wildman–Crippen MR) is 57.3 cm³/mol. The minimum Gasteiger partial charge on any atom is -0.462 e. The van der Waals surface area contributed by atoms with Crippen LogP contribution in [0.15, 0.2) is 11.6 Å². The van der Waals surface area contributed by atoms with Gasteiger partial charge in [-0.25, -0.2) is 0 Å². The molecular weight excluding hydrogens is 188 g/mol. The van der Waals surface area contributed by atoms with E-state index >= 15 is 0 Å². The van der Waals surface area contributed by atoms with Crippen LogP contribution in [-0.2, 0) is 9.53 Å². The van der Waals surface area contributed by atoms with Gasteiger partial charge in [0.2, 0.25) is 0 Å². The average Bonchev–Trinajstić information content (AvgIpc) is 2.52. The molecule has 0 amide bonds. The van der Waals surface area contributed by atoms with Gasteiger partial charge in [-0.05, 0) is 31.1 Å². The average molecular weight is 206 g/mol. The smallest absolute Gasteiger partial charge is 0.306 e. The minimum absolute atomic E-state index is 0.0212. The summed E-state index contributed by atoms with van der Waals surface area (Å²) in [6.45, 7) is 2.37. The number of ether oxygens (including phenoxy) is 1. The van der Waals surface area contributed by atoms with Crippen molar-refractivity contribution in [1.29, 1.82) is 0 Å². The zero-order chi connectivity index (χ0) is 10.5. The maximum absolute atomic E-state index is 11.3. The van der Waals surface area contributed by atoms with Crippen LogP contribution in [0.4, 0.5) is 0 Å². The second kappa shape index (κ2) is 3.10. The molecule has 2 fully saturated rings. The largest absolute Gasteiger partial charge is 0.462 e. The van der Waals surface area contributed by atoms with Gasteiger partial charge in [-0.15, -0.1) is 0 Å². The van der Waals surface area contributed by atoms with Gasteiger partial charge in [0.05, 0.1) is 6.42 Å². The van der Waals surface area contributed by atoms with Crippen molar-refractivity contribution in [3.8, 4) is 0 Å². The van der Waals surface area contributed by atoms with E-state index in [1.54, 1.807) is 5.57 Å². The molecule has 3 aliphatic rings. The molecule has 2 heteroatoms. The first-order chi connectivity index (χ1) is 7.17. The molecule has 0 spiro atoms. The SMILES string of the molecule is C[C@]12CCCC=C1C[C@@H]1OC(=O)C[C@H]1C2. The highest BCUT2D eigenvalue weighted by Gasteiger charge is 2.46. The van der Waals surface area contributed by atoms with Crippen LogP contribution in [-0.4, -0.2) is 12.1 Å². The summed E-state index contributed by atoms with van der Waals surface area (Å²) >= 11 is 0. The Morgan fingerprint density at radius 1 is 1.47 bits per heavy atom. The van der Waals surface area contributed by atoms with E-state index in [-0.39, 0.29) is 12.1 Å². The second-order valence-corrected chi connectivity index (χ2v) is 5.58. The molecule has 0 aromatic carbocycles. The quantitative estimate of drug-likeness (QED) is 0.450. The Labute approximate surface area is 90.7 Å². The molecule has 0 aromatic rings. The van der Waals surface area contributed by atoms with E-state index < -0.39 is 0 Å². The third-order valence-electron chi connectivity index (χ3n) is 4.47. The molecule has 0 unspecified atom stereocenters. The van der Waals surface area contributed by atoms with Crippen molar-refractivity contribution in [3.05, 3.63) is 11.6 Å². The van der Waals surface area contributed by atoms with E-state index in [2.05, 4.69) is 13.0 Å². The number of carbonyl (C=O) groups is 1. The summed E-state index contributed by atoms with van der Waals surface area (Å²) in [5, 5.41) is 0. The van der Waals surface area contributed by atoms with Crippen molar-refractivity contribution in [3.63, 3.8) is 0 Å². The lowest BCUT2D eigenvalue weighted by Gasteiger charge is -2.43. The first-order valence-corrected chi connectivity index (χ1v) is 6.06. The fourth-order valence-electron chi connectivity index (χ4n) is 3.60. The summed E-state index contributed by atoms with van der Waals surface area (Å²) in [6.07, 6.45) is 9.26. The second-order valence-electron chi connectivity index (χ2n) is 5.58. The minimum atomic E-state index is 0.0212. The molecular formula is C13H18O2. The first kappa shape index (κ1) is 9.44. The van der Waals surface area contributed by atoms with Crippen LogP contribution in [0, 0.1) is 11.3 Å². The van der Waals surface area contributed by atoms with Crippen LogP contribution >= 0.6 is 0 Å². The number of hydrogen-bond acceptors (Lipinski definition) is 2. The summed E-state index contributed by atoms with van der Waals surface area (Å²) in [7, 11) is 0. The number of carbonyl (C=O) groups excluding carboxylic acids is 1. The summed E-state index contributed by atoms with van der Waals surface area (Å²) in [5.41, 5.74) is 1.94. The van der Waals surface area contributed by atoms with Crippen molar-refractivity contribution in [1.82, 2.24) is 0 Å². The van der Waals surface area contributed by atoms with Gasteiger partial charge in [-0.2, -0.15) is 0 Å². The highest BCUT2D eigenvalue weighted by molar-refractivity contribution is 5.72. The summed E-state index contributed by atoms with van der Waals surface area (Å²) in [6, 6.07) is 0. The molecule has 1 heterocycles. The lowest BCUT2D eigenvalue weighted by Crippen LogP contribution is -2.36. The van der Waals surface area contributed by atoms with Gasteiger partial charge in [0.1, 0.15) is 6.10 Å². The highest BCUT2D eigenvalue weighted by Crippen LogP contribution is 2.52. The Bertz CT molecular complexity index is 331. The fourth-order valence-corrected chi connectivity index (χ4v) is 3.60.